The summed E-state index contributed by atoms with van der Waals surface area (Å²) in [6, 6.07) is 12.2. The fourth-order valence-electron chi connectivity index (χ4n) is 2.40. The van der Waals surface area contributed by atoms with Gasteiger partial charge in [0.2, 0.25) is 11.5 Å². The van der Waals surface area contributed by atoms with Crippen LogP contribution in [0.4, 0.5) is 5.69 Å². The molecule has 6 heteroatoms. The van der Waals surface area contributed by atoms with E-state index in [2.05, 4.69) is 5.32 Å². The molecule has 0 aliphatic rings. The first-order valence-corrected chi connectivity index (χ1v) is 8.68. The van der Waals surface area contributed by atoms with Crippen molar-refractivity contribution in [3.8, 4) is 5.75 Å². The van der Waals surface area contributed by atoms with Crippen molar-refractivity contribution in [1.29, 1.82) is 0 Å². The van der Waals surface area contributed by atoms with Crippen molar-refractivity contribution < 1.29 is 19.4 Å². The second kappa shape index (κ2) is 8.23. The lowest BCUT2D eigenvalue weighted by molar-refractivity contribution is -0.154. The number of carboxylic acids is 1. The minimum absolute atomic E-state index is 0.163. The second-order valence-electron chi connectivity index (χ2n) is 6.38. The molecule has 2 aromatic carbocycles. The summed E-state index contributed by atoms with van der Waals surface area (Å²) in [6.45, 7) is 5.19. The van der Waals surface area contributed by atoms with Gasteiger partial charge in [0.25, 0.3) is 0 Å². The lowest BCUT2D eigenvalue weighted by Gasteiger charge is -2.24. The highest BCUT2D eigenvalue weighted by molar-refractivity contribution is 6.31. The Labute approximate surface area is 157 Å². The number of amides is 1. The SMILES string of the molecule is CCC(C)(Oc1ccc(CC(=O)Nc2cc(C)cc(Cl)c2)cc1)C(=O)O. The van der Waals surface area contributed by atoms with Gasteiger partial charge >= 0.3 is 5.97 Å². The molecule has 138 valence electrons. The molecule has 1 amide bonds. The summed E-state index contributed by atoms with van der Waals surface area (Å²) in [6.07, 6.45) is 0.529. The van der Waals surface area contributed by atoms with Crippen molar-refractivity contribution in [3.05, 3.63) is 58.6 Å². The highest BCUT2D eigenvalue weighted by Crippen LogP contribution is 2.23. The maximum atomic E-state index is 12.2. The van der Waals surface area contributed by atoms with Crippen LogP contribution in [0.15, 0.2) is 42.5 Å². The Morgan fingerprint density at radius 3 is 2.38 bits per heavy atom. The number of aliphatic carboxylic acids is 1. The van der Waals surface area contributed by atoms with Gasteiger partial charge in [0.1, 0.15) is 5.75 Å². The van der Waals surface area contributed by atoms with E-state index in [1.54, 1.807) is 37.3 Å². The van der Waals surface area contributed by atoms with Crippen molar-refractivity contribution in [2.75, 3.05) is 5.32 Å². The summed E-state index contributed by atoms with van der Waals surface area (Å²) in [5.41, 5.74) is 1.14. The molecule has 2 N–H and O–H groups in total. The summed E-state index contributed by atoms with van der Waals surface area (Å²) in [5.74, 6) is -0.726. The first-order valence-electron chi connectivity index (χ1n) is 8.30. The maximum Gasteiger partial charge on any atom is 0.347 e. The molecule has 0 fully saturated rings. The molecule has 0 aromatic heterocycles. The van der Waals surface area contributed by atoms with Gasteiger partial charge in [-0.2, -0.15) is 0 Å². The number of hydrogen-bond donors (Lipinski definition) is 2. The zero-order valence-corrected chi connectivity index (χ0v) is 15.8. The molecule has 0 bridgehead atoms. The van der Waals surface area contributed by atoms with Gasteiger partial charge in [0, 0.05) is 10.7 Å². The minimum atomic E-state index is -1.27. The molecule has 0 saturated heterocycles. The number of anilines is 1. The molecule has 0 radical (unpaired) electrons. The predicted molar refractivity (Wildman–Crippen MR) is 102 cm³/mol. The first-order chi connectivity index (χ1) is 12.2. The molecular weight excluding hydrogens is 354 g/mol. The number of aryl methyl sites for hydroxylation is 1. The third-order valence-corrected chi connectivity index (χ3v) is 4.30. The Kier molecular flexibility index (Phi) is 6.27. The van der Waals surface area contributed by atoms with E-state index in [4.69, 9.17) is 16.3 Å². The second-order valence-corrected chi connectivity index (χ2v) is 6.81. The van der Waals surface area contributed by atoms with E-state index in [9.17, 15) is 14.7 Å². The van der Waals surface area contributed by atoms with Crippen molar-refractivity contribution in [1.82, 2.24) is 0 Å². The normalized spacial score (nSPS) is 12.9. The molecule has 0 heterocycles. The van der Waals surface area contributed by atoms with Crippen LogP contribution >= 0.6 is 11.6 Å². The van der Waals surface area contributed by atoms with E-state index in [0.29, 0.717) is 22.9 Å². The molecule has 2 aromatic rings. The van der Waals surface area contributed by atoms with Gasteiger partial charge in [0.05, 0.1) is 6.42 Å². The van der Waals surface area contributed by atoms with E-state index in [0.717, 1.165) is 11.1 Å². The summed E-state index contributed by atoms with van der Waals surface area (Å²) >= 11 is 5.99. The number of benzene rings is 2. The fraction of sp³-hybridized carbons (Fsp3) is 0.300. The number of carbonyl (C=O) groups excluding carboxylic acids is 1. The van der Waals surface area contributed by atoms with Gasteiger partial charge < -0.3 is 15.2 Å². The molecule has 5 nitrogen and oxygen atoms in total. The lowest BCUT2D eigenvalue weighted by Crippen LogP contribution is -2.40. The highest BCUT2D eigenvalue weighted by Gasteiger charge is 2.33. The van der Waals surface area contributed by atoms with Gasteiger partial charge in [0.15, 0.2) is 0 Å². The van der Waals surface area contributed by atoms with E-state index >= 15 is 0 Å². The largest absolute Gasteiger partial charge is 0.478 e. The molecule has 0 spiro atoms. The quantitative estimate of drug-likeness (QED) is 0.749. The Balaban J connectivity index is 2.00. The molecular formula is C20H22ClNO4. The third-order valence-electron chi connectivity index (χ3n) is 4.08. The van der Waals surface area contributed by atoms with Crippen LogP contribution in [0.1, 0.15) is 31.4 Å². The summed E-state index contributed by atoms with van der Waals surface area (Å²) in [4.78, 5) is 23.5. The van der Waals surface area contributed by atoms with Gasteiger partial charge in [-0.25, -0.2) is 4.79 Å². The number of ether oxygens (including phenoxy) is 1. The first kappa shape index (κ1) is 19.8. The van der Waals surface area contributed by atoms with Crippen LogP contribution in [0.3, 0.4) is 0 Å². The van der Waals surface area contributed by atoms with Crippen molar-refractivity contribution in [2.45, 2.75) is 39.2 Å². The molecule has 1 unspecified atom stereocenters. The monoisotopic (exact) mass is 375 g/mol. The van der Waals surface area contributed by atoms with Gasteiger partial charge in [-0.1, -0.05) is 30.7 Å². The minimum Gasteiger partial charge on any atom is -0.478 e. The van der Waals surface area contributed by atoms with Crippen LogP contribution in [-0.4, -0.2) is 22.6 Å². The van der Waals surface area contributed by atoms with Gasteiger partial charge in [-0.15, -0.1) is 0 Å². The number of carbonyl (C=O) groups is 2. The molecule has 0 aliphatic heterocycles. The highest BCUT2D eigenvalue weighted by atomic mass is 35.5. The predicted octanol–water partition coefficient (Wildman–Crippen LogP) is 4.46. The van der Waals surface area contributed by atoms with Crippen LogP contribution in [-0.2, 0) is 16.0 Å². The topological polar surface area (TPSA) is 75.6 Å². The summed E-state index contributed by atoms with van der Waals surface area (Å²) in [7, 11) is 0. The smallest absolute Gasteiger partial charge is 0.347 e. The van der Waals surface area contributed by atoms with Crippen LogP contribution in [0.5, 0.6) is 5.75 Å². The molecule has 0 saturated carbocycles. The van der Waals surface area contributed by atoms with Crippen LogP contribution in [0.2, 0.25) is 5.02 Å². The van der Waals surface area contributed by atoms with Gasteiger partial charge in [-0.3, -0.25) is 4.79 Å². The van der Waals surface area contributed by atoms with Crippen molar-refractivity contribution in [3.63, 3.8) is 0 Å². The summed E-state index contributed by atoms with van der Waals surface area (Å²) < 4.78 is 5.58. The number of hydrogen-bond acceptors (Lipinski definition) is 3. The fourth-order valence-corrected chi connectivity index (χ4v) is 2.69. The number of nitrogens with one attached hydrogen (secondary N) is 1. The molecule has 1 atom stereocenters. The number of halogens is 1. The Morgan fingerprint density at radius 2 is 1.85 bits per heavy atom. The number of rotatable bonds is 7. The average molecular weight is 376 g/mol. The van der Waals surface area contributed by atoms with E-state index < -0.39 is 11.6 Å². The van der Waals surface area contributed by atoms with Crippen molar-refractivity contribution in [2.24, 2.45) is 0 Å². The Hall–Kier alpha value is -2.53. The van der Waals surface area contributed by atoms with Crippen molar-refractivity contribution >= 4 is 29.2 Å². The number of carboxylic acid groups (broad SMARTS) is 1. The summed E-state index contributed by atoms with van der Waals surface area (Å²) in [5, 5.41) is 12.6. The van der Waals surface area contributed by atoms with Crippen LogP contribution in [0, 0.1) is 6.92 Å². The third kappa shape index (κ3) is 5.23. The molecule has 2 rings (SSSR count). The Bertz CT molecular complexity index is 784. The average Bonchev–Trinajstić information content (AvgIpc) is 2.55. The van der Waals surface area contributed by atoms with E-state index in [1.807, 2.05) is 19.1 Å². The molecule has 0 aliphatic carbocycles. The van der Waals surface area contributed by atoms with Gasteiger partial charge in [-0.05, 0) is 61.7 Å². The zero-order chi connectivity index (χ0) is 19.3. The van der Waals surface area contributed by atoms with Crippen LogP contribution < -0.4 is 10.1 Å². The zero-order valence-electron chi connectivity index (χ0n) is 15.0. The van der Waals surface area contributed by atoms with E-state index in [1.165, 1.54) is 6.92 Å². The lowest BCUT2D eigenvalue weighted by atomic mass is 10.0. The Morgan fingerprint density at radius 1 is 1.19 bits per heavy atom. The standard InChI is InChI=1S/C20H22ClNO4/c1-4-20(3,19(24)25)26-17-7-5-14(6-8-17)11-18(23)22-16-10-13(2)9-15(21)12-16/h5-10,12H,4,11H2,1-3H3,(H,22,23)(H,24,25). The van der Waals surface area contributed by atoms with E-state index in [-0.39, 0.29) is 12.3 Å². The van der Waals surface area contributed by atoms with Crippen LogP contribution in [0.25, 0.3) is 0 Å². The molecule has 26 heavy (non-hydrogen) atoms. The maximum absolute atomic E-state index is 12.2.